The van der Waals surface area contributed by atoms with Crippen LogP contribution in [0.1, 0.15) is 92.1 Å². The van der Waals surface area contributed by atoms with E-state index >= 15 is 0 Å². The molecule has 1 aliphatic carbocycles. The van der Waals surface area contributed by atoms with Crippen molar-refractivity contribution < 1.29 is 19.7 Å². The summed E-state index contributed by atoms with van der Waals surface area (Å²) in [5.74, 6) is 0.468. The average Bonchev–Trinajstić information content (AvgIpc) is 2.77. The van der Waals surface area contributed by atoms with Crippen LogP contribution in [0.15, 0.2) is 54.8 Å². The molecule has 2 N–H and O–H groups in total. The molecule has 2 rings (SSSR count). The van der Waals surface area contributed by atoms with Gasteiger partial charge in [0, 0.05) is 12.1 Å². The number of phenolic OH excluding ortho intramolecular Hbond substituents is 1. The molecule has 1 aliphatic rings. The molecule has 1 atom stereocenters. The Labute approximate surface area is 213 Å². The highest BCUT2D eigenvalue weighted by molar-refractivity contribution is 5.80. The van der Waals surface area contributed by atoms with Crippen molar-refractivity contribution in [2.24, 2.45) is 11.3 Å². The Morgan fingerprint density at radius 3 is 2.26 bits per heavy atom. The van der Waals surface area contributed by atoms with Gasteiger partial charge in [-0.25, -0.2) is 4.79 Å². The molecule has 0 aliphatic heterocycles. The van der Waals surface area contributed by atoms with Gasteiger partial charge in [0.25, 0.3) is 0 Å². The summed E-state index contributed by atoms with van der Waals surface area (Å²) in [5.41, 5.74) is 2.83. The number of allylic oxidation sites excluding steroid dienone is 2. The second-order valence-corrected chi connectivity index (χ2v) is 10.8. The van der Waals surface area contributed by atoms with E-state index in [4.69, 9.17) is 9.84 Å². The minimum atomic E-state index is -1.07. The number of terminal acetylenes is 1. The number of aromatic hydroxyl groups is 1. The number of aliphatic carboxylic acids is 1. The molecular weight excluding hydrogens is 436 g/mol. The molecule has 35 heavy (non-hydrogen) atoms. The largest absolute Gasteiger partial charge is 0.508 e. The molecule has 0 amide bonds. The van der Waals surface area contributed by atoms with Gasteiger partial charge in [-0.1, -0.05) is 79.5 Å². The number of phenols is 1. The quantitative estimate of drug-likeness (QED) is 0.128. The second-order valence-electron chi connectivity index (χ2n) is 10.8. The van der Waals surface area contributed by atoms with Crippen LogP contribution in [0.3, 0.4) is 0 Å². The Kier molecular flexibility index (Phi) is 13.9. The predicted octanol–water partition coefficient (Wildman–Crippen LogP) is 8.42. The first-order valence-corrected chi connectivity index (χ1v) is 12.4. The van der Waals surface area contributed by atoms with E-state index < -0.39 is 5.97 Å². The zero-order chi connectivity index (χ0) is 27.2. The van der Waals surface area contributed by atoms with Crippen LogP contribution in [0.4, 0.5) is 0 Å². The van der Waals surface area contributed by atoms with Crippen molar-refractivity contribution in [3.05, 3.63) is 60.4 Å². The summed E-state index contributed by atoms with van der Waals surface area (Å²) >= 11 is 0. The minimum absolute atomic E-state index is 0.0783. The van der Waals surface area contributed by atoms with Crippen LogP contribution in [-0.4, -0.2) is 16.2 Å². The molecule has 4 nitrogen and oxygen atoms in total. The van der Waals surface area contributed by atoms with Crippen molar-refractivity contribution in [2.75, 3.05) is 0 Å². The number of benzene rings is 1. The third-order valence-electron chi connectivity index (χ3n) is 6.27. The van der Waals surface area contributed by atoms with E-state index in [1.807, 2.05) is 6.07 Å². The molecule has 0 saturated heterocycles. The highest BCUT2D eigenvalue weighted by Crippen LogP contribution is 2.40. The fourth-order valence-electron chi connectivity index (χ4n) is 4.27. The van der Waals surface area contributed by atoms with Crippen LogP contribution in [0, 0.1) is 24.2 Å². The number of hydrogen-bond acceptors (Lipinski definition) is 3. The van der Waals surface area contributed by atoms with Crippen molar-refractivity contribution in [2.45, 2.75) is 91.9 Å². The fourth-order valence-corrected chi connectivity index (χ4v) is 4.27. The highest BCUT2D eigenvalue weighted by atomic mass is 16.5. The summed E-state index contributed by atoms with van der Waals surface area (Å²) in [4.78, 5) is 10.5. The average molecular weight is 483 g/mol. The van der Waals surface area contributed by atoms with E-state index in [2.05, 4.69) is 67.5 Å². The van der Waals surface area contributed by atoms with Crippen LogP contribution >= 0.6 is 0 Å². The van der Waals surface area contributed by atoms with E-state index in [1.165, 1.54) is 43.4 Å². The molecule has 0 aromatic heterocycles. The molecule has 1 fully saturated rings. The predicted molar refractivity (Wildman–Crippen MR) is 148 cm³/mol. The van der Waals surface area contributed by atoms with E-state index in [0.29, 0.717) is 11.2 Å². The summed E-state index contributed by atoms with van der Waals surface area (Å²) in [7, 11) is 0. The number of unbranched alkanes of at least 4 members (excludes halogenated alkanes) is 1. The Morgan fingerprint density at radius 1 is 1.14 bits per heavy atom. The van der Waals surface area contributed by atoms with Gasteiger partial charge in [-0.05, 0) is 66.2 Å². The first kappa shape index (κ1) is 32.1. The summed E-state index contributed by atoms with van der Waals surface area (Å²) < 4.78 is 5.48. The monoisotopic (exact) mass is 482 g/mol. The van der Waals surface area contributed by atoms with Gasteiger partial charge < -0.3 is 14.9 Å². The summed E-state index contributed by atoms with van der Waals surface area (Å²) in [5, 5.41) is 18.5. The van der Waals surface area contributed by atoms with E-state index in [1.54, 1.807) is 6.07 Å². The van der Waals surface area contributed by atoms with Crippen molar-refractivity contribution in [3.63, 3.8) is 0 Å². The lowest BCUT2D eigenvalue weighted by Gasteiger charge is -2.35. The van der Waals surface area contributed by atoms with Gasteiger partial charge in [0.2, 0.25) is 0 Å². The lowest BCUT2D eigenvalue weighted by atomic mass is 9.70. The topological polar surface area (TPSA) is 66.8 Å². The maximum atomic E-state index is 10.5. The molecular formula is C31H46O4. The summed E-state index contributed by atoms with van der Waals surface area (Å²) in [6, 6.07) is 5.08. The van der Waals surface area contributed by atoms with Gasteiger partial charge in [-0.2, -0.15) is 0 Å². The maximum absolute atomic E-state index is 10.5. The Morgan fingerprint density at radius 2 is 1.77 bits per heavy atom. The highest BCUT2D eigenvalue weighted by Gasteiger charge is 2.28. The van der Waals surface area contributed by atoms with Gasteiger partial charge in [0.05, 0.1) is 0 Å². The number of carboxylic acids is 1. The van der Waals surface area contributed by atoms with Gasteiger partial charge in [0.1, 0.15) is 17.3 Å². The minimum Gasteiger partial charge on any atom is -0.508 e. The maximum Gasteiger partial charge on any atom is 0.328 e. The molecule has 1 aromatic rings. The smallest absolute Gasteiger partial charge is 0.328 e. The third kappa shape index (κ3) is 12.4. The Bertz CT molecular complexity index is 881. The number of rotatable bonds is 8. The number of hydrogen-bond donors (Lipinski definition) is 2. The van der Waals surface area contributed by atoms with Crippen LogP contribution in [0.2, 0.25) is 0 Å². The lowest BCUT2D eigenvalue weighted by Crippen LogP contribution is -2.24. The van der Waals surface area contributed by atoms with Crippen LogP contribution in [0.5, 0.6) is 11.5 Å². The molecule has 194 valence electrons. The molecule has 0 radical (unpaired) electrons. The molecule has 0 bridgehead atoms. The number of carboxylic acid groups (broad SMARTS) is 1. The van der Waals surface area contributed by atoms with Crippen molar-refractivity contribution >= 4 is 5.97 Å². The number of carbonyl (C=O) groups is 1. The zero-order valence-corrected chi connectivity index (χ0v) is 22.7. The normalized spacial score (nSPS) is 15.9. The standard InChI is InChI=1S/C18H24O4.C11H20.C2H2/c1-5-6-9-18(3,4)14-10-15(19)12-16(11-14)22-13(2)7-8-17(20)21;1-9-7-5-6-8-10(9)11(2,3)4;1-2/h7-8,10-12,19H,2,5-6,9H2,1,3-4H3,(H,20,21);10H,1,5-8H2,2-4H3;1-2H/b8-7+;;/t;10-;/m.1./s1. The zero-order valence-electron chi connectivity index (χ0n) is 22.7. The van der Waals surface area contributed by atoms with Gasteiger partial charge in [-0.3, -0.25) is 0 Å². The van der Waals surface area contributed by atoms with E-state index in [9.17, 15) is 9.90 Å². The molecule has 1 aromatic carbocycles. The van der Waals surface area contributed by atoms with Crippen LogP contribution in [-0.2, 0) is 10.2 Å². The van der Waals surface area contributed by atoms with Crippen LogP contribution < -0.4 is 4.74 Å². The molecule has 0 unspecified atom stereocenters. The second kappa shape index (κ2) is 15.1. The third-order valence-corrected chi connectivity index (χ3v) is 6.27. The van der Waals surface area contributed by atoms with Crippen molar-refractivity contribution in [1.29, 1.82) is 0 Å². The molecule has 4 heteroatoms. The van der Waals surface area contributed by atoms with Crippen molar-refractivity contribution in [3.8, 4) is 24.3 Å². The summed E-state index contributed by atoms with van der Waals surface area (Å²) in [6.45, 7) is 21.2. The lowest BCUT2D eigenvalue weighted by molar-refractivity contribution is -0.131. The molecule has 0 heterocycles. The Balaban J connectivity index is 0.000000742. The SMILES string of the molecule is C#C.C=C(/C=C/C(=O)O)Oc1cc(O)cc(C(C)(C)CCCC)c1.C=C1CCCC[C@H]1C(C)(C)C. The molecule has 1 saturated carbocycles. The Hall–Kier alpha value is -2.93. The van der Waals surface area contributed by atoms with Gasteiger partial charge in [-0.15, -0.1) is 12.8 Å². The first-order valence-electron chi connectivity index (χ1n) is 12.4. The first-order chi connectivity index (χ1) is 16.3. The summed E-state index contributed by atoms with van der Waals surface area (Å²) in [6.07, 6.45) is 18.9. The van der Waals surface area contributed by atoms with E-state index in [0.717, 1.165) is 36.8 Å². The van der Waals surface area contributed by atoms with Gasteiger partial charge in [0.15, 0.2) is 0 Å². The van der Waals surface area contributed by atoms with Crippen LogP contribution in [0.25, 0.3) is 0 Å². The molecule has 0 spiro atoms. The van der Waals surface area contributed by atoms with Gasteiger partial charge >= 0.3 is 5.97 Å². The van der Waals surface area contributed by atoms with E-state index in [-0.39, 0.29) is 16.9 Å². The fraction of sp³-hybridized carbons (Fsp3) is 0.516. The van der Waals surface area contributed by atoms with Crippen molar-refractivity contribution in [1.82, 2.24) is 0 Å². The number of ether oxygens (including phenoxy) is 1.